The average molecular weight is 209 g/mol. The molecule has 0 aliphatic rings. The number of fused-ring (bicyclic) bond motifs is 1. The Morgan fingerprint density at radius 3 is 2.73 bits per heavy atom. The number of hydrogen-bond donors (Lipinski definition) is 0. The van der Waals surface area contributed by atoms with Gasteiger partial charge in [0.2, 0.25) is 0 Å². The summed E-state index contributed by atoms with van der Waals surface area (Å²) >= 11 is 2.44. The van der Waals surface area contributed by atoms with Crippen LogP contribution in [0.3, 0.4) is 0 Å². The second-order valence-electron chi connectivity index (χ2n) is 2.21. The van der Waals surface area contributed by atoms with Gasteiger partial charge in [0.25, 0.3) is 0 Å². The monoisotopic (exact) mass is 210 g/mol. The Hall–Kier alpha value is -0.921. The van der Waals surface area contributed by atoms with Gasteiger partial charge < -0.3 is 0 Å². The van der Waals surface area contributed by atoms with E-state index in [0.717, 1.165) is 15.5 Å². The fourth-order valence-electron chi connectivity index (χ4n) is 0.991. The van der Waals surface area contributed by atoms with Crippen molar-refractivity contribution in [3.8, 4) is 0 Å². The summed E-state index contributed by atoms with van der Waals surface area (Å²) in [6.07, 6.45) is 1.58. The van der Waals surface area contributed by atoms with Crippen molar-refractivity contribution < 1.29 is 0 Å². The molecule has 11 heavy (non-hydrogen) atoms. The minimum atomic E-state index is 0.975. The van der Waals surface area contributed by atoms with Crippen molar-refractivity contribution in [2.24, 2.45) is 0 Å². The fraction of sp³-hybridized carbons (Fsp3) is 0. The first-order valence-electron chi connectivity index (χ1n) is 3.26. The molecule has 0 atom stereocenters. The summed E-state index contributed by atoms with van der Waals surface area (Å²) in [6, 6.07) is 7.96. The first kappa shape index (κ1) is 6.77. The van der Waals surface area contributed by atoms with Gasteiger partial charge in [0.05, 0.1) is 0 Å². The molecule has 1 aromatic carbocycles. The van der Waals surface area contributed by atoms with Crippen molar-refractivity contribution >= 4 is 31.5 Å². The normalized spacial score (nSPS) is 10.3. The maximum absolute atomic E-state index is 4.12. The van der Waals surface area contributed by atoms with E-state index in [1.54, 1.807) is 6.33 Å². The van der Waals surface area contributed by atoms with E-state index in [0.29, 0.717) is 0 Å². The van der Waals surface area contributed by atoms with Crippen LogP contribution in [0.4, 0.5) is 0 Å². The third-order valence-electron chi connectivity index (χ3n) is 1.52. The molecule has 0 aliphatic heterocycles. The summed E-state index contributed by atoms with van der Waals surface area (Å²) in [7, 11) is 0. The molecule has 0 saturated carbocycles. The molecule has 0 bridgehead atoms. The van der Waals surface area contributed by atoms with Gasteiger partial charge in [0.15, 0.2) is 0 Å². The number of rotatable bonds is 0. The first-order valence-corrected chi connectivity index (χ1v) is 4.20. The van der Waals surface area contributed by atoms with Crippen LogP contribution >= 0.6 is 0 Å². The van der Waals surface area contributed by atoms with Gasteiger partial charge in [-0.25, -0.2) is 0 Å². The Kier molecular flexibility index (Phi) is 1.60. The van der Waals surface area contributed by atoms with Crippen LogP contribution in [0.2, 0.25) is 0 Å². The molecule has 54 valence electrons. The maximum atomic E-state index is 4.12. The van der Waals surface area contributed by atoms with Gasteiger partial charge >= 0.3 is 72.1 Å². The number of benzene rings is 1. The van der Waals surface area contributed by atoms with Crippen molar-refractivity contribution in [1.82, 2.24) is 9.97 Å². The van der Waals surface area contributed by atoms with E-state index in [4.69, 9.17) is 0 Å². The molecular weight excluding hydrogens is 203 g/mol. The van der Waals surface area contributed by atoms with Gasteiger partial charge in [-0.2, -0.15) is 0 Å². The van der Waals surface area contributed by atoms with E-state index in [2.05, 4.69) is 26.0 Å². The zero-order valence-corrected chi connectivity index (χ0v) is 7.60. The zero-order valence-electron chi connectivity index (χ0n) is 5.73. The standard InChI is InChI=1S/C8H6N2Se/c11-8-6-3-1-2-4-7(6)9-5-10-8/h1-5H,(H,9,10,11). The van der Waals surface area contributed by atoms with E-state index in [1.165, 1.54) is 0 Å². The van der Waals surface area contributed by atoms with Gasteiger partial charge in [-0.15, -0.1) is 0 Å². The van der Waals surface area contributed by atoms with E-state index in [9.17, 15) is 0 Å². The molecule has 2 rings (SSSR count). The second-order valence-corrected chi connectivity index (χ2v) is 3.10. The summed E-state index contributed by atoms with van der Waals surface area (Å²) in [5, 5.41) is 1.11. The van der Waals surface area contributed by atoms with Crippen molar-refractivity contribution in [2.45, 2.75) is 0 Å². The summed E-state index contributed by atoms with van der Waals surface area (Å²) in [5.41, 5.74) is 0.998. The topological polar surface area (TPSA) is 25.8 Å². The van der Waals surface area contributed by atoms with Crippen LogP contribution in [0.5, 0.6) is 0 Å². The van der Waals surface area contributed by atoms with Crippen molar-refractivity contribution in [2.75, 3.05) is 0 Å². The van der Waals surface area contributed by atoms with Crippen LogP contribution in [-0.2, 0) is 0 Å². The molecule has 1 heterocycles. The number of para-hydroxylation sites is 1. The van der Waals surface area contributed by atoms with Gasteiger partial charge in [0.1, 0.15) is 0 Å². The van der Waals surface area contributed by atoms with E-state index in [1.807, 2.05) is 24.3 Å². The number of hydrogen-bond acceptors (Lipinski definition) is 2. The molecule has 3 heteroatoms. The van der Waals surface area contributed by atoms with Crippen LogP contribution in [0.15, 0.2) is 30.6 Å². The first-order chi connectivity index (χ1) is 5.38. The van der Waals surface area contributed by atoms with Crippen LogP contribution in [0.1, 0.15) is 0 Å². The molecule has 2 aromatic rings. The van der Waals surface area contributed by atoms with Gasteiger partial charge in [-0.05, 0) is 0 Å². The third-order valence-corrected chi connectivity index (χ3v) is 2.27. The van der Waals surface area contributed by atoms with Crippen LogP contribution < -0.4 is 4.59 Å². The average Bonchev–Trinajstić information content (AvgIpc) is 2.06. The molecule has 0 N–H and O–H groups in total. The van der Waals surface area contributed by atoms with E-state index < -0.39 is 0 Å². The molecule has 0 saturated heterocycles. The van der Waals surface area contributed by atoms with Crippen LogP contribution in [0, 0.1) is 0 Å². The number of nitrogens with zero attached hydrogens (tertiary/aromatic N) is 2. The number of aromatic nitrogens is 2. The zero-order chi connectivity index (χ0) is 7.68. The van der Waals surface area contributed by atoms with E-state index >= 15 is 0 Å². The Morgan fingerprint density at radius 1 is 1.09 bits per heavy atom. The Morgan fingerprint density at radius 2 is 1.91 bits per heavy atom. The molecule has 2 nitrogen and oxygen atoms in total. The molecule has 0 radical (unpaired) electrons. The van der Waals surface area contributed by atoms with Crippen LogP contribution in [-0.4, -0.2) is 26.0 Å². The molecule has 0 spiro atoms. The Labute approximate surface area is 72.5 Å². The molecule has 0 fully saturated rings. The van der Waals surface area contributed by atoms with Gasteiger partial charge in [-0.3, -0.25) is 0 Å². The summed E-state index contributed by atoms with van der Waals surface area (Å²) in [4.78, 5) is 8.19. The van der Waals surface area contributed by atoms with Crippen molar-refractivity contribution in [3.05, 3.63) is 30.6 Å². The second kappa shape index (κ2) is 2.61. The van der Waals surface area contributed by atoms with Crippen molar-refractivity contribution in [1.29, 1.82) is 0 Å². The van der Waals surface area contributed by atoms with Crippen molar-refractivity contribution in [3.63, 3.8) is 0 Å². The van der Waals surface area contributed by atoms with Crippen LogP contribution in [0.25, 0.3) is 10.9 Å². The molecule has 0 unspecified atom stereocenters. The summed E-state index contributed by atoms with van der Waals surface area (Å²) < 4.78 is 0.975. The minimum absolute atomic E-state index is 0.975. The Balaban J connectivity index is 2.91. The fourth-order valence-corrected chi connectivity index (χ4v) is 1.50. The predicted octanol–water partition coefficient (Wildman–Crippen LogP) is 0.156. The summed E-state index contributed by atoms with van der Waals surface area (Å²) in [6.45, 7) is 0. The molecule has 0 amide bonds. The Bertz CT molecular complexity index is 381. The van der Waals surface area contributed by atoms with E-state index in [-0.39, 0.29) is 0 Å². The molecular formula is C8H6N2Se. The summed E-state index contributed by atoms with van der Waals surface area (Å²) in [5.74, 6) is 0. The molecule has 0 aliphatic carbocycles. The predicted molar refractivity (Wildman–Crippen MR) is 46.3 cm³/mol. The third kappa shape index (κ3) is 1.13. The molecule has 1 aromatic heterocycles. The van der Waals surface area contributed by atoms with Gasteiger partial charge in [-0.1, -0.05) is 0 Å². The SMILES string of the molecule is [SeH]c1ncnc2ccccc12. The quantitative estimate of drug-likeness (QED) is 0.577. The van der Waals surface area contributed by atoms with Gasteiger partial charge in [0, 0.05) is 0 Å².